The summed E-state index contributed by atoms with van der Waals surface area (Å²) in [5.74, 6) is -0.761. The molecule has 5 nitrogen and oxygen atoms in total. The summed E-state index contributed by atoms with van der Waals surface area (Å²) in [7, 11) is -5.75. The standard InChI is InChI=1S/C6H3F3O5S/c7-6(8,9)15(11,12)14-4-1-2-13-5(10)3-4/h1-3H. The molecule has 15 heavy (non-hydrogen) atoms. The van der Waals surface area contributed by atoms with E-state index in [4.69, 9.17) is 0 Å². The normalized spacial score (nSPS) is 12.5. The fraction of sp³-hybridized carbons (Fsp3) is 0.167. The molecule has 1 aromatic rings. The molecule has 1 heterocycles. The molecule has 0 saturated carbocycles. The van der Waals surface area contributed by atoms with Gasteiger partial charge in [-0.1, -0.05) is 0 Å². The summed E-state index contributed by atoms with van der Waals surface area (Å²) in [6, 6.07) is 1.24. The molecular formula is C6H3F3O5S. The smallest absolute Gasteiger partial charge is 0.431 e. The van der Waals surface area contributed by atoms with Crippen molar-refractivity contribution in [3.8, 4) is 5.75 Å². The Morgan fingerprint density at radius 2 is 1.93 bits per heavy atom. The zero-order chi connectivity index (χ0) is 11.7. The minimum absolute atomic E-state index is 0.475. The van der Waals surface area contributed by atoms with Crippen LogP contribution in [0.25, 0.3) is 0 Å². The number of rotatable bonds is 2. The van der Waals surface area contributed by atoms with Gasteiger partial charge in [0, 0.05) is 6.07 Å². The Morgan fingerprint density at radius 1 is 1.33 bits per heavy atom. The molecule has 0 spiro atoms. The van der Waals surface area contributed by atoms with Gasteiger partial charge < -0.3 is 8.60 Å². The molecule has 0 amide bonds. The lowest BCUT2D eigenvalue weighted by atomic mass is 10.5. The zero-order valence-electron chi connectivity index (χ0n) is 6.82. The number of alkyl halides is 3. The van der Waals surface area contributed by atoms with E-state index < -0.39 is 27.0 Å². The molecule has 9 heteroatoms. The van der Waals surface area contributed by atoms with Crippen LogP contribution in [0.5, 0.6) is 5.75 Å². The molecule has 0 saturated heterocycles. The van der Waals surface area contributed by atoms with Crippen molar-refractivity contribution in [1.82, 2.24) is 0 Å². The Balaban J connectivity index is 3.03. The molecule has 0 atom stereocenters. The number of halogens is 3. The Kier molecular flexibility index (Phi) is 2.75. The lowest BCUT2D eigenvalue weighted by Crippen LogP contribution is -2.28. The first-order valence-corrected chi connectivity index (χ1v) is 4.73. The summed E-state index contributed by atoms with van der Waals surface area (Å²) >= 11 is 0. The fourth-order valence-corrected chi connectivity index (χ4v) is 1.04. The first-order valence-electron chi connectivity index (χ1n) is 3.32. The molecule has 0 N–H and O–H groups in total. The van der Waals surface area contributed by atoms with Crippen molar-refractivity contribution in [3.05, 3.63) is 28.8 Å². The molecule has 0 aliphatic rings. The van der Waals surface area contributed by atoms with Crippen LogP contribution in [0.2, 0.25) is 0 Å². The second-order valence-electron chi connectivity index (χ2n) is 2.27. The maximum Gasteiger partial charge on any atom is 0.534 e. The maximum atomic E-state index is 11.8. The van der Waals surface area contributed by atoms with E-state index in [0.717, 1.165) is 6.07 Å². The van der Waals surface area contributed by atoms with Crippen molar-refractivity contribution in [2.75, 3.05) is 0 Å². The van der Waals surface area contributed by atoms with Crippen molar-refractivity contribution in [1.29, 1.82) is 0 Å². The van der Waals surface area contributed by atoms with Crippen LogP contribution >= 0.6 is 0 Å². The van der Waals surface area contributed by atoms with Gasteiger partial charge in [-0.15, -0.1) is 0 Å². The zero-order valence-corrected chi connectivity index (χ0v) is 7.63. The largest absolute Gasteiger partial charge is 0.534 e. The predicted molar refractivity (Wildman–Crippen MR) is 40.6 cm³/mol. The highest BCUT2D eigenvalue weighted by molar-refractivity contribution is 7.87. The van der Waals surface area contributed by atoms with Crippen LogP contribution < -0.4 is 9.81 Å². The Labute approximate surface area is 81.2 Å². The average molecular weight is 244 g/mol. The van der Waals surface area contributed by atoms with Crippen molar-refractivity contribution >= 4 is 10.1 Å². The van der Waals surface area contributed by atoms with E-state index in [0.29, 0.717) is 12.3 Å². The monoisotopic (exact) mass is 244 g/mol. The van der Waals surface area contributed by atoms with Gasteiger partial charge in [-0.2, -0.15) is 21.6 Å². The van der Waals surface area contributed by atoms with Crippen LogP contribution in [0.15, 0.2) is 27.6 Å². The summed E-state index contributed by atoms with van der Waals surface area (Å²) in [5, 5.41) is 0. The predicted octanol–water partition coefficient (Wildman–Crippen LogP) is 0.868. The third-order valence-electron chi connectivity index (χ3n) is 1.17. The summed E-state index contributed by atoms with van der Waals surface area (Å²) in [6.07, 6.45) is 0.712. The highest BCUT2D eigenvalue weighted by Crippen LogP contribution is 2.25. The van der Waals surface area contributed by atoms with Crippen molar-refractivity contribution < 1.29 is 30.2 Å². The van der Waals surface area contributed by atoms with E-state index in [1.165, 1.54) is 0 Å². The molecule has 0 aliphatic heterocycles. The average Bonchev–Trinajstić information content (AvgIpc) is 2.00. The Morgan fingerprint density at radius 3 is 2.40 bits per heavy atom. The van der Waals surface area contributed by atoms with Gasteiger partial charge >= 0.3 is 21.3 Å². The Bertz CT molecular complexity index is 500. The minimum atomic E-state index is -5.75. The molecule has 1 aromatic heterocycles. The first kappa shape index (κ1) is 11.6. The van der Waals surface area contributed by atoms with Crippen molar-refractivity contribution in [3.63, 3.8) is 0 Å². The maximum absolute atomic E-state index is 11.8. The third kappa shape index (κ3) is 2.72. The quantitative estimate of drug-likeness (QED) is 0.570. The molecule has 0 unspecified atom stereocenters. The lowest BCUT2D eigenvalue weighted by molar-refractivity contribution is -0.0500. The van der Waals surface area contributed by atoms with Gasteiger partial charge in [-0.05, 0) is 0 Å². The number of hydrogen-bond acceptors (Lipinski definition) is 5. The number of hydrogen-bond donors (Lipinski definition) is 0. The second-order valence-corrected chi connectivity index (χ2v) is 3.81. The van der Waals surface area contributed by atoms with Crippen LogP contribution in [-0.2, 0) is 10.1 Å². The van der Waals surface area contributed by atoms with Crippen molar-refractivity contribution in [2.45, 2.75) is 5.51 Å². The van der Waals surface area contributed by atoms with Crippen LogP contribution in [0.4, 0.5) is 13.2 Å². The molecule has 1 rings (SSSR count). The summed E-state index contributed by atoms with van der Waals surface area (Å²) < 4.78 is 64.1. The van der Waals surface area contributed by atoms with Crippen LogP contribution in [0.1, 0.15) is 0 Å². The molecule has 0 fully saturated rings. The molecule has 0 aromatic carbocycles. The van der Waals surface area contributed by atoms with Gasteiger partial charge in [0.1, 0.15) is 0 Å². The van der Waals surface area contributed by atoms with E-state index in [9.17, 15) is 26.4 Å². The van der Waals surface area contributed by atoms with Gasteiger partial charge in [0.05, 0.1) is 12.3 Å². The van der Waals surface area contributed by atoms with Gasteiger partial charge in [0.2, 0.25) is 0 Å². The van der Waals surface area contributed by atoms with E-state index in [1.807, 2.05) is 0 Å². The lowest BCUT2D eigenvalue weighted by Gasteiger charge is -2.08. The van der Waals surface area contributed by atoms with Crippen molar-refractivity contribution in [2.24, 2.45) is 0 Å². The summed E-state index contributed by atoms with van der Waals surface area (Å²) in [6.45, 7) is 0. The highest BCUT2D eigenvalue weighted by atomic mass is 32.2. The molecule has 0 aliphatic carbocycles. The van der Waals surface area contributed by atoms with E-state index >= 15 is 0 Å². The minimum Gasteiger partial charge on any atom is -0.431 e. The van der Waals surface area contributed by atoms with Crippen LogP contribution in [0.3, 0.4) is 0 Å². The summed E-state index contributed by atoms with van der Waals surface area (Å²) in [4.78, 5) is 10.5. The van der Waals surface area contributed by atoms with Gasteiger partial charge in [0.15, 0.2) is 5.75 Å². The highest BCUT2D eigenvalue weighted by Gasteiger charge is 2.48. The van der Waals surface area contributed by atoms with E-state index in [1.54, 1.807) is 0 Å². The van der Waals surface area contributed by atoms with Crippen LogP contribution in [-0.4, -0.2) is 13.9 Å². The Hall–Kier alpha value is -1.51. The fourth-order valence-electron chi connectivity index (χ4n) is 0.592. The topological polar surface area (TPSA) is 73.6 Å². The summed E-state index contributed by atoms with van der Waals surface area (Å²) in [5.41, 5.74) is -6.56. The first-order chi connectivity index (χ1) is 6.72. The molecule has 84 valence electrons. The molecule has 0 radical (unpaired) electrons. The molecular weight excluding hydrogens is 241 g/mol. The van der Waals surface area contributed by atoms with E-state index in [-0.39, 0.29) is 0 Å². The van der Waals surface area contributed by atoms with Gasteiger partial charge in [-0.3, -0.25) is 0 Å². The third-order valence-corrected chi connectivity index (χ3v) is 2.14. The molecule has 0 bridgehead atoms. The SMILES string of the molecule is O=c1cc(OS(=O)(=O)C(F)(F)F)cco1. The van der Waals surface area contributed by atoms with Gasteiger partial charge in [0.25, 0.3) is 0 Å². The second kappa shape index (κ2) is 3.57. The van der Waals surface area contributed by atoms with Gasteiger partial charge in [-0.25, -0.2) is 4.79 Å². The van der Waals surface area contributed by atoms with E-state index in [2.05, 4.69) is 8.60 Å². The van der Waals surface area contributed by atoms with Crippen LogP contribution in [0, 0.1) is 0 Å².